The number of hydrogen-bond donors (Lipinski definition) is 1. The van der Waals surface area contributed by atoms with E-state index in [0.29, 0.717) is 26.1 Å². The topological polar surface area (TPSA) is 60.9 Å². The zero-order valence-electron chi connectivity index (χ0n) is 10.9. The lowest BCUT2D eigenvalue weighted by atomic mass is 9.99. The first-order valence-electron chi connectivity index (χ1n) is 6.32. The standard InChI is InChI=1S/C13H18N2O3S/c1-14(7-10-4-6-19-9-10)13(18)15-5-2-3-11(8-15)12(16)17/h4,6,9,11H,2-3,5,7-8H2,1H3,(H,16,17). The fourth-order valence-corrected chi connectivity index (χ4v) is 2.98. The number of urea groups is 1. The molecule has 6 heteroatoms. The third-order valence-electron chi connectivity index (χ3n) is 3.37. The number of thiophene rings is 1. The summed E-state index contributed by atoms with van der Waals surface area (Å²) in [6, 6.07) is 1.90. The summed E-state index contributed by atoms with van der Waals surface area (Å²) in [4.78, 5) is 26.5. The van der Waals surface area contributed by atoms with Gasteiger partial charge in [0.15, 0.2) is 0 Å². The zero-order valence-corrected chi connectivity index (χ0v) is 11.7. The lowest BCUT2D eigenvalue weighted by molar-refractivity contribution is -0.143. The van der Waals surface area contributed by atoms with Crippen molar-refractivity contribution in [1.29, 1.82) is 0 Å². The number of carbonyl (C=O) groups excluding carboxylic acids is 1. The molecule has 1 atom stereocenters. The Hall–Kier alpha value is -1.56. The summed E-state index contributed by atoms with van der Waals surface area (Å²) in [6.45, 7) is 1.54. The number of carboxylic acids is 1. The van der Waals surface area contributed by atoms with Crippen LogP contribution < -0.4 is 0 Å². The third-order valence-corrected chi connectivity index (χ3v) is 4.10. The number of rotatable bonds is 3. The lowest BCUT2D eigenvalue weighted by Gasteiger charge is -2.33. The largest absolute Gasteiger partial charge is 0.481 e. The van der Waals surface area contributed by atoms with Gasteiger partial charge in [-0.15, -0.1) is 0 Å². The van der Waals surface area contributed by atoms with Crippen molar-refractivity contribution < 1.29 is 14.7 Å². The molecule has 1 aromatic heterocycles. The Morgan fingerprint density at radius 3 is 3.00 bits per heavy atom. The Morgan fingerprint density at radius 2 is 2.37 bits per heavy atom. The lowest BCUT2D eigenvalue weighted by Crippen LogP contribution is -2.47. The molecule has 2 heterocycles. The summed E-state index contributed by atoms with van der Waals surface area (Å²) in [5.41, 5.74) is 1.10. The predicted octanol–water partition coefficient (Wildman–Crippen LogP) is 2.10. The van der Waals surface area contributed by atoms with E-state index in [9.17, 15) is 9.59 Å². The van der Waals surface area contributed by atoms with Gasteiger partial charge in [0, 0.05) is 26.7 Å². The fraction of sp³-hybridized carbons (Fsp3) is 0.538. The van der Waals surface area contributed by atoms with Gasteiger partial charge in [0.2, 0.25) is 0 Å². The molecular weight excluding hydrogens is 264 g/mol. The molecule has 104 valence electrons. The number of likely N-dealkylation sites (tertiary alicyclic amines) is 1. The van der Waals surface area contributed by atoms with E-state index in [1.54, 1.807) is 28.2 Å². The third kappa shape index (κ3) is 3.47. The molecule has 1 N–H and O–H groups in total. The number of amides is 2. The molecule has 1 aromatic rings. The maximum absolute atomic E-state index is 12.3. The summed E-state index contributed by atoms with van der Waals surface area (Å²) in [5.74, 6) is -1.23. The number of carbonyl (C=O) groups is 2. The van der Waals surface area contributed by atoms with Gasteiger partial charge in [0.25, 0.3) is 0 Å². The maximum atomic E-state index is 12.3. The van der Waals surface area contributed by atoms with Gasteiger partial charge in [0.05, 0.1) is 5.92 Å². The number of aliphatic carboxylic acids is 1. The molecule has 2 amide bonds. The van der Waals surface area contributed by atoms with Crippen molar-refractivity contribution in [3.63, 3.8) is 0 Å². The minimum absolute atomic E-state index is 0.0860. The van der Waals surface area contributed by atoms with Gasteiger partial charge in [-0.3, -0.25) is 4.79 Å². The molecule has 5 nitrogen and oxygen atoms in total. The van der Waals surface area contributed by atoms with Crippen molar-refractivity contribution in [3.8, 4) is 0 Å². The second-order valence-corrected chi connectivity index (χ2v) is 5.67. The Bertz CT molecular complexity index is 447. The van der Waals surface area contributed by atoms with E-state index in [-0.39, 0.29) is 6.03 Å². The fourth-order valence-electron chi connectivity index (χ4n) is 2.32. The normalized spacial score (nSPS) is 19.2. The van der Waals surface area contributed by atoms with E-state index in [1.165, 1.54) is 0 Å². The van der Waals surface area contributed by atoms with E-state index in [2.05, 4.69) is 0 Å². The first-order valence-corrected chi connectivity index (χ1v) is 7.26. The van der Waals surface area contributed by atoms with Crippen LogP contribution in [0.25, 0.3) is 0 Å². The Balaban J connectivity index is 1.93. The first kappa shape index (κ1) is 13.9. The number of nitrogens with zero attached hydrogens (tertiary/aromatic N) is 2. The van der Waals surface area contributed by atoms with Crippen molar-refractivity contribution in [1.82, 2.24) is 9.80 Å². The van der Waals surface area contributed by atoms with Crippen LogP contribution >= 0.6 is 11.3 Å². The molecule has 1 unspecified atom stereocenters. The average Bonchev–Trinajstić information content (AvgIpc) is 2.90. The van der Waals surface area contributed by atoms with Gasteiger partial charge in [-0.2, -0.15) is 11.3 Å². The molecule has 0 spiro atoms. The predicted molar refractivity (Wildman–Crippen MR) is 73.1 cm³/mol. The van der Waals surface area contributed by atoms with Crippen LogP contribution in [0.3, 0.4) is 0 Å². The van der Waals surface area contributed by atoms with Crippen LogP contribution in [0.2, 0.25) is 0 Å². The monoisotopic (exact) mass is 282 g/mol. The van der Waals surface area contributed by atoms with Gasteiger partial charge < -0.3 is 14.9 Å². The molecule has 0 aromatic carbocycles. The minimum atomic E-state index is -0.807. The van der Waals surface area contributed by atoms with E-state index >= 15 is 0 Å². The number of carboxylic acid groups (broad SMARTS) is 1. The molecule has 1 fully saturated rings. The van der Waals surface area contributed by atoms with Gasteiger partial charge in [-0.05, 0) is 35.2 Å². The second kappa shape index (κ2) is 6.06. The Morgan fingerprint density at radius 1 is 1.58 bits per heavy atom. The van der Waals surface area contributed by atoms with Crippen LogP contribution in [0.15, 0.2) is 16.8 Å². The molecule has 1 aliphatic heterocycles. The average molecular weight is 282 g/mol. The summed E-state index contributed by atoms with van der Waals surface area (Å²) >= 11 is 1.60. The van der Waals surface area contributed by atoms with Crippen LogP contribution in [0, 0.1) is 5.92 Å². The quantitative estimate of drug-likeness (QED) is 0.923. The van der Waals surface area contributed by atoms with Crippen LogP contribution in [-0.4, -0.2) is 47.0 Å². The van der Waals surface area contributed by atoms with Crippen LogP contribution in [0.4, 0.5) is 4.79 Å². The molecule has 0 saturated carbocycles. The molecular formula is C13H18N2O3S. The molecule has 1 saturated heterocycles. The summed E-state index contributed by atoms with van der Waals surface area (Å²) in [6.07, 6.45) is 1.42. The molecule has 2 rings (SSSR count). The SMILES string of the molecule is CN(Cc1ccsc1)C(=O)N1CCCC(C(=O)O)C1. The van der Waals surface area contributed by atoms with Crippen molar-refractivity contribution in [2.24, 2.45) is 5.92 Å². The van der Waals surface area contributed by atoms with Crippen LogP contribution in [0.5, 0.6) is 0 Å². The highest BCUT2D eigenvalue weighted by Gasteiger charge is 2.29. The van der Waals surface area contributed by atoms with Gasteiger partial charge >= 0.3 is 12.0 Å². The highest BCUT2D eigenvalue weighted by molar-refractivity contribution is 7.07. The minimum Gasteiger partial charge on any atom is -0.481 e. The highest BCUT2D eigenvalue weighted by atomic mass is 32.1. The van der Waals surface area contributed by atoms with Gasteiger partial charge in [-0.25, -0.2) is 4.79 Å². The van der Waals surface area contributed by atoms with Crippen LogP contribution in [0.1, 0.15) is 18.4 Å². The molecule has 0 aliphatic carbocycles. The Kier molecular flexibility index (Phi) is 4.42. The summed E-state index contributed by atoms with van der Waals surface area (Å²) in [7, 11) is 1.75. The second-order valence-electron chi connectivity index (χ2n) is 4.89. The molecule has 19 heavy (non-hydrogen) atoms. The van der Waals surface area contributed by atoms with E-state index < -0.39 is 11.9 Å². The molecule has 0 radical (unpaired) electrons. The first-order chi connectivity index (χ1) is 9.08. The van der Waals surface area contributed by atoms with Crippen molar-refractivity contribution in [3.05, 3.63) is 22.4 Å². The van der Waals surface area contributed by atoms with Crippen molar-refractivity contribution in [2.75, 3.05) is 20.1 Å². The van der Waals surface area contributed by atoms with E-state index in [4.69, 9.17) is 5.11 Å². The highest BCUT2D eigenvalue weighted by Crippen LogP contribution is 2.18. The smallest absolute Gasteiger partial charge is 0.320 e. The zero-order chi connectivity index (χ0) is 13.8. The van der Waals surface area contributed by atoms with Gasteiger partial charge in [-0.1, -0.05) is 0 Å². The number of hydrogen-bond acceptors (Lipinski definition) is 3. The van der Waals surface area contributed by atoms with Crippen molar-refractivity contribution in [2.45, 2.75) is 19.4 Å². The van der Waals surface area contributed by atoms with E-state index in [1.807, 2.05) is 16.8 Å². The van der Waals surface area contributed by atoms with Crippen molar-refractivity contribution >= 4 is 23.3 Å². The number of piperidine rings is 1. The maximum Gasteiger partial charge on any atom is 0.320 e. The molecule has 0 bridgehead atoms. The molecule has 1 aliphatic rings. The van der Waals surface area contributed by atoms with E-state index in [0.717, 1.165) is 12.0 Å². The van der Waals surface area contributed by atoms with Gasteiger partial charge in [0.1, 0.15) is 0 Å². The summed E-state index contributed by atoms with van der Waals surface area (Å²) < 4.78 is 0. The summed E-state index contributed by atoms with van der Waals surface area (Å²) in [5, 5.41) is 13.0. The van der Waals surface area contributed by atoms with Crippen LogP contribution in [-0.2, 0) is 11.3 Å². The Labute approximate surface area is 116 Å².